The van der Waals surface area contributed by atoms with Crippen LogP contribution < -0.4 is 20.0 Å². The summed E-state index contributed by atoms with van der Waals surface area (Å²) in [5, 5.41) is 2.50. The molecule has 34 heavy (non-hydrogen) atoms. The van der Waals surface area contributed by atoms with Crippen molar-refractivity contribution in [1.29, 1.82) is 0 Å². The maximum atomic E-state index is 14.9. The number of halogens is 2. The summed E-state index contributed by atoms with van der Waals surface area (Å²) in [6, 6.07) is 11.2. The predicted molar refractivity (Wildman–Crippen MR) is 124 cm³/mol. The molecule has 1 aliphatic heterocycles. The topological polar surface area (TPSA) is 133 Å². The summed E-state index contributed by atoms with van der Waals surface area (Å²) >= 11 is 6.22. The van der Waals surface area contributed by atoms with Crippen molar-refractivity contribution in [1.82, 2.24) is 10.3 Å². The van der Waals surface area contributed by atoms with Gasteiger partial charge in [-0.1, -0.05) is 29.8 Å². The molecule has 0 saturated carbocycles. The average molecular weight is 505 g/mol. The van der Waals surface area contributed by atoms with Crippen molar-refractivity contribution in [2.24, 2.45) is 10.7 Å². The maximum absolute atomic E-state index is 14.9. The molecule has 12 heteroatoms. The van der Waals surface area contributed by atoms with E-state index >= 15 is 0 Å². The minimum atomic E-state index is -3.74. The number of guanidine groups is 1. The van der Waals surface area contributed by atoms with Crippen molar-refractivity contribution >= 4 is 33.6 Å². The zero-order chi connectivity index (χ0) is 24.7. The van der Waals surface area contributed by atoms with Crippen molar-refractivity contribution in [2.45, 2.75) is 5.54 Å². The Kier molecular flexibility index (Phi) is 5.92. The number of aliphatic imine (C=N–C) groups is 1. The van der Waals surface area contributed by atoms with Crippen molar-refractivity contribution in [2.75, 3.05) is 13.4 Å². The van der Waals surface area contributed by atoms with Gasteiger partial charge in [0, 0.05) is 11.1 Å². The molecule has 1 aliphatic rings. The summed E-state index contributed by atoms with van der Waals surface area (Å²) in [7, 11) is -2.31. The number of amides is 1. The van der Waals surface area contributed by atoms with Gasteiger partial charge in [0.2, 0.25) is 0 Å². The number of methoxy groups -OCH3 is 1. The molecule has 0 bridgehead atoms. The fourth-order valence-corrected chi connectivity index (χ4v) is 4.30. The van der Waals surface area contributed by atoms with E-state index in [1.807, 2.05) is 0 Å². The van der Waals surface area contributed by atoms with Crippen molar-refractivity contribution in [3.05, 3.63) is 76.8 Å². The van der Waals surface area contributed by atoms with Gasteiger partial charge in [0.25, 0.3) is 5.91 Å². The standard InChI is InChI=1S/C22H18ClFN4O5S/c1-32-15-10-17(19(23)26-11-15)16-9-13(5-8-18(16)24)22(20(29)27-21(25)28-22)12-3-6-14(7-4-12)33-34(2,30)31/h3-11H,1-2H3,(H3,25,27,28,29). The molecule has 2 heterocycles. The summed E-state index contributed by atoms with van der Waals surface area (Å²) in [5.41, 5.74) is 5.11. The Hall–Kier alpha value is -3.70. The molecule has 0 radical (unpaired) electrons. The highest BCUT2D eigenvalue weighted by atomic mass is 35.5. The highest BCUT2D eigenvalue weighted by molar-refractivity contribution is 7.86. The van der Waals surface area contributed by atoms with Gasteiger partial charge in [-0.25, -0.2) is 14.4 Å². The molecule has 0 aliphatic carbocycles. The second kappa shape index (κ2) is 8.58. The van der Waals surface area contributed by atoms with Crippen LogP contribution in [0, 0.1) is 5.82 Å². The zero-order valence-corrected chi connectivity index (χ0v) is 19.4. The molecule has 3 N–H and O–H groups in total. The van der Waals surface area contributed by atoms with Crippen LogP contribution in [0.4, 0.5) is 4.39 Å². The number of pyridine rings is 1. The number of ether oxygens (including phenoxy) is 1. The minimum absolute atomic E-state index is 0.0343. The molecule has 1 atom stereocenters. The number of benzene rings is 2. The molecule has 1 aromatic heterocycles. The molecule has 0 spiro atoms. The lowest BCUT2D eigenvalue weighted by atomic mass is 9.82. The minimum Gasteiger partial charge on any atom is -0.495 e. The maximum Gasteiger partial charge on any atom is 0.306 e. The van der Waals surface area contributed by atoms with E-state index in [1.54, 1.807) is 0 Å². The molecule has 1 unspecified atom stereocenters. The summed E-state index contributed by atoms with van der Waals surface area (Å²) < 4.78 is 47.8. The molecule has 4 rings (SSSR count). The van der Waals surface area contributed by atoms with E-state index in [0.717, 1.165) is 6.26 Å². The molecule has 0 fully saturated rings. The summed E-state index contributed by atoms with van der Waals surface area (Å²) in [6.07, 6.45) is 2.31. The first kappa shape index (κ1) is 23.5. The van der Waals surface area contributed by atoms with Crippen LogP contribution in [0.5, 0.6) is 11.5 Å². The van der Waals surface area contributed by atoms with Crippen molar-refractivity contribution < 1.29 is 26.5 Å². The van der Waals surface area contributed by atoms with Gasteiger partial charge in [-0.15, -0.1) is 0 Å². The first-order valence-electron chi connectivity index (χ1n) is 9.70. The Labute approximate surface area is 199 Å². The predicted octanol–water partition coefficient (Wildman–Crippen LogP) is 2.58. The lowest BCUT2D eigenvalue weighted by Crippen LogP contribution is -2.39. The monoisotopic (exact) mass is 504 g/mol. The van der Waals surface area contributed by atoms with Gasteiger partial charge in [0.05, 0.1) is 19.6 Å². The normalized spacial score (nSPS) is 17.8. The number of carbonyl (C=O) groups is 1. The Morgan fingerprint density at radius 3 is 2.32 bits per heavy atom. The molecular formula is C22H18ClFN4O5S. The Bertz CT molecular complexity index is 1430. The van der Waals surface area contributed by atoms with Crippen LogP contribution in [0.1, 0.15) is 11.1 Å². The molecule has 0 saturated heterocycles. The van der Waals surface area contributed by atoms with Gasteiger partial charge in [-0.2, -0.15) is 8.42 Å². The van der Waals surface area contributed by atoms with Crippen molar-refractivity contribution in [3.8, 4) is 22.6 Å². The summed E-state index contributed by atoms with van der Waals surface area (Å²) in [5.74, 6) is -0.905. The zero-order valence-electron chi connectivity index (χ0n) is 17.9. The van der Waals surface area contributed by atoms with Gasteiger partial charge in [-0.3, -0.25) is 10.1 Å². The number of nitrogens with one attached hydrogen (secondary N) is 1. The number of nitrogens with two attached hydrogens (primary N) is 1. The highest BCUT2D eigenvalue weighted by Crippen LogP contribution is 2.40. The summed E-state index contributed by atoms with van der Waals surface area (Å²) in [6.45, 7) is 0. The third-order valence-electron chi connectivity index (χ3n) is 5.10. The molecule has 3 aromatic rings. The molecular weight excluding hydrogens is 487 g/mol. The van der Waals surface area contributed by atoms with Crippen LogP contribution in [0.15, 0.2) is 59.7 Å². The van der Waals surface area contributed by atoms with Crippen LogP contribution in [0.2, 0.25) is 5.15 Å². The number of hydrogen-bond acceptors (Lipinski definition) is 8. The van der Waals surface area contributed by atoms with E-state index < -0.39 is 27.4 Å². The van der Waals surface area contributed by atoms with E-state index in [9.17, 15) is 17.6 Å². The molecule has 9 nitrogen and oxygen atoms in total. The fourth-order valence-electron chi connectivity index (χ4n) is 3.64. The van der Waals surface area contributed by atoms with Crippen LogP contribution in [-0.2, 0) is 20.5 Å². The first-order chi connectivity index (χ1) is 16.0. The average Bonchev–Trinajstić information content (AvgIpc) is 3.08. The Morgan fingerprint density at radius 1 is 1.06 bits per heavy atom. The smallest absolute Gasteiger partial charge is 0.306 e. The van der Waals surface area contributed by atoms with Gasteiger partial charge < -0.3 is 14.7 Å². The number of aromatic nitrogens is 1. The third-order valence-corrected chi connectivity index (χ3v) is 5.90. The van der Waals surface area contributed by atoms with E-state index in [4.69, 9.17) is 26.3 Å². The van der Waals surface area contributed by atoms with Gasteiger partial charge >= 0.3 is 10.1 Å². The second-order valence-electron chi connectivity index (χ2n) is 7.38. The number of hydrogen-bond donors (Lipinski definition) is 2. The lowest BCUT2D eigenvalue weighted by Gasteiger charge is -2.25. The Balaban J connectivity index is 1.89. The second-order valence-corrected chi connectivity index (χ2v) is 9.31. The first-order valence-corrected chi connectivity index (χ1v) is 11.9. The number of nitrogens with zero attached hydrogens (tertiary/aromatic N) is 2. The quantitative estimate of drug-likeness (QED) is 0.389. The third kappa shape index (κ3) is 4.27. The van der Waals surface area contributed by atoms with Crippen molar-refractivity contribution in [3.63, 3.8) is 0 Å². The van der Waals surface area contributed by atoms with Gasteiger partial charge in [-0.05, 0) is 41.5 Å². The van der Waals surface area contributed by atoms with Gasteiger partial charge in [0.1, 0.15) is 22.5 Å². The van der Waals surface area contributed by atoms with Gasteiger partial charge in [0.15, 0.2) is 11.5 Å². The van der Waals surface area contributed by atoms with Crippen LogP contribution in [0.3, 0.4) is 0 Å². The summed E-state index contributed by atoms with van der Waals surface area (Å²) in [4.78, 5) is 21.5. The van der Waals surface area contributed by atoms with Crippen LogP contribution in [-0.4, -0.2) is 38.6 Å². The molecule has 1 amide bonds. The van der Waals surface area contributed by atoms with E-state index in [-0.39, 0.29) is 33.6 Å². The highest BCUT2D eigenvalue weighted by Gasteiger charge is 2.47. The number of carbonyl (C=O) groups excluding carboxylic acids is 1. The van der Waals surface area contributed by atoms with Crippen LogP contribution >= 0.6 is 11.6 Å². The SMILES string of the molecule is COc1cnc(Cl)c(-c2cc(C3(c4ccc(OS(C)(=O)=O)cc4)N=C(N)NC3=O)ccc2F)c1. The largest absolute Gasteiger partial charge is 0.495 e. The lowest BCUT2D eigenvalue weighted by molar-refractivity contribution is -0.122. The van der Waals surface area contributed by atoms with Crippen LogP contribution in [0.25, 0.3) is 11.1 Å². The Morgan fingerprint density at radius 2 is 1.74 bits per heavy atom. The van der Waals surface area contributed by atoms with E-state index in [1.165, 1.54) is 61.8 Å². The van der Waals surface area contributed by atoms with E-state index in [0.29, 0.717) is 11.3 Å². The van der Waals surface area contributed by atoms with E-state index in [2.05, 4.69) is 15.3 Å². The molecule has 176 valence electrons. The number of rotatable bonds is 6. The molecule has 2 aromatic carbocycles. The fraction of sp³-hybridized carbons (Fsp3) is 0.136.